The number of amides is 1. The molecule has 1 heterocycles. The summed E-state index contributed by atoms with van der Waals surface area (Å²) in [6.45, 7) is 0.128. The largest absolute Gasteiger partial charge is 0.595 e. The van der Waals surface area contributed by atoms with E-state index in [4.69, 9.17) is 15.1 Å². The van der Waals surface area contributed by atoms with Crippen LogP contribution in [-0.2, 0) is 14.3 Å². The van der Waals surface area contributed by atoms with Crippen molar-refractivity contribution in [1.82, 2.24) is 4.90 Å². The number of nitrogens with one attached hydrogen (secondary N) is 1. The van der Waals surface area contributed by atoms with Gasteiger partial charge in [-0.25, -0.2) is 19.6 Å². The Balaban J connectivity index is 2.25. The molecule has 1 saturated heterocycles. The molecule has 3 atom stereocenters. The first-order valence-corrected chi connectivity index (χ1v) is 7.08. The maximum absolute atomic E-state index is 12.2. The smallest absolute Gasteiger partial charge is 0.411 e. The highest BCUT2D eigenvalue weighted by molar-refractivity contribution is 5.83. The number of aliphatic carboxylic acids is 2. The Morgan fingerprint density at radius 2 is 1.96 bits per heavy atom. The quantitative estimate of drug-likeness (QED) is 0.542. The number of carboxylic acids is 2. The van der Waals surface area contributed by atoms with Crippen LogP contribution in [0.15, 0.2) is 24.3 Å². The topological polar surface area (TPSA) is 152 Å². The first-order chi connectivity index (χ1) is 11.3. The van der Waals surface area contributed by atoms with Crippen LogP contribution < -0.4 is 5.23 Å². The van der Waals surface area contributed by atoms with Crippen LogP contribution in [0.1, 0.15) is 24.5 Å². The summed E-state index contributed by atoms with van der Waals surface area (Å²) in [7, 11) is 0. The van der Waals surface area contributed by atoms with Crippen LogP contribution in [0.5, 0.6) is 0 Å². The molecule has 10 heteroatoms. The molecule has 1 fully saturated rings. The zero-order valence-electron chi connectivity index (χ0n) is 12.4. The van der Waals surface area contributed by atoms with Gasteiger partial charge in [0.05, 0.1) is 5.56 Å². The minimum atomic E-state index is -1.85. The van der Waals surface area contributed by atoms with Gasteiger partial charge in [0.25, 0.3) is 0 Å². The number of carbonyl (C=O) groups is 3. The Labute approximate surface area is 136 Å². The Morgan fingerprint density at radius 3 is 2.54 bits per heavy atom. The number of ether oxygens (including phenoxy) is 1. The molecule has 0 aromatic heterocycles. The van der Waals surface area contributed by atoms with E-state index in [1.807, 2.05) is 0 Å². The maximum atomic E-state index is 12.2. The number of nitrogens with zero attached hydrogens (tertiary/aromatic N) is 1. The van der Waals surface area contributed by atoms with Crippen LogP contribution >= 0.6 is 0 Å². The summed E-state index contributed by atoms with van der Waals surface area (Å²) in [4.78, 5) is 35.6. The Kier molecular flexibility index (Phi) is 5.34. The van der Waals surface area contributed by atoms with Crippen molar-refractivity contribution >= 4 is 23.7 Å². The highest BCUT2D eigenvalue weighted by Crippen LogP contribution is 2.26. The fourth-order valence-corrected chi connectivity index (χ4v) is 2.58. The first-order valence-electron chi connectivity index (χ1n) is 7.08. The number of hydrogen-bond donors (Lipinski definition) is 4. The number of benzene rings is 1. The van der Waals surface area contributed by atoms with E-state index in [9.17, 15) is 24.7 Å². The van der Waals surface area contributed by atoms with Crippen LogP contribution in [0.2, 0.25) is 0 Å². The van der Waals surface area contributed by atoms with Crippen molar-refractivity contribution in [2.24, 2.45) is 0 Å². The number of likely N-dealkylation sites (tertiary alicyclic amines) is 1. The molecule has 1 aliphatic heterocycles. The van der Waals surface area contributed by atoms with E-state index < -0.39 is 35.4 Å². The number of hydrogen-bond acceptors (Lipinski definition) is 6. The van der Waals surface area contributed by atoms with E-state index in [-0.39, 0.29) is 24.2 Å². The van der Waals surface area contributed by atoms with Crippen LogP contribution in [0.25, 0.3) is 0 Å². The zero-order chi connectivity index (χ0) is 17.9. The lowest BCUT2D eigenvalue weighted by atomic mass is 10.1. The van der Waals surface area contributed by atoms with Crippen molar-refractivity contribution in [1.29, 1.82) is 0 Å². The molecule has 0 radical (unpaired) electrons. The van der Waals surface area contributed by atoms with E-state index in [1.54, 1.807) is 0 Å². The van der Waals surface area contributed by atoms with Gasteiger partial charge in [-0.05, 0) is 18.9 Å². The number of rotatable bonds is 5. The lowest BCUT2D eigenvalue weighted by molar-refractivity contribution is -0.991. The Hall–Kier alpha value is -2.69. The van der Waals surface area contributed by atoms with Gasteiger partial charge in [-0.2, -0.15) is 5.23 Å². The van der Waals surface area contributed by atoms with Crippen molar-refractivity contribution in [3.05, 3.63) is 35.0 Å². The third kappa shape index (κ3) is 3.62. The molecule has 0 aliphatic carbocycles. The third-order valence-electron chi connectivity index (χ3n) is 3.69. The van der Waals surface area contributed by atoms with Gasteiger partial charge in [0, 0.05) is 12.6 Å². The predicted molar refractivity (Wildman–Crippen MR) is 76.4 cm³/mol. The van der Waals surface area contributed by atoms with E-state index in [2.05, 4.69) is 0 Å². The molecule has 1 aromatic carbocycles. The second kappa shape index (κ2) is 7.25. The molecule has 0 saturated carbocycles. The van der Waals surface area contributed by atoms with Gasteiger partial charge in [-0.3, -0.25) is 4.90 Å². The molecule has 24 heavy (non-hydrogen) atoms. The summed E-state index contributed by atoms with van der Waals surface area (Å²) in [5.74, 6) is -2.76. The molecular weight excluding hydrogens is 324 g/mol. The van der Waals surface area contributed by atoms with Crippen molar-refractivity contribution in [3.63, 3.8) is 0 Å². The lowest BCUT2D eigenvalue weighted by Crippen LogP contribution is -2.99. The fourth-order valence-electron chi connectivity index (χ4n) is 2.58. The fraction of sp³-hybridized carbons (Fsp3) is 0.357. The zero-order valence-corrected chi connectivity index (χ0v) is 12.4. The molecule has 0 bridgehead atoms. The molecule has 130 valence electrons. The second-order valence-corrected chi connectivity index (χ2v) is 5.18. The van der Waals surface area contributed by atoms with Crippen molar-refractivity contribution in [2.75, 3.05) is 6.54 Å². The monoisotopic (exact) mass is 340 g/mol. The van der Waals surface area contributed by atoms with Gasteiger partial charge in [-0.1, -0.05) is 12.1 Å². The highest BCUT2D eigenvalue weighted by atomic mass is 16.8. The van der Waals surface area contributed by atoms with E-state index >= 15 is 0 Å². The average molecular weight is 340 g/mol. The van der Waals surface area contributed by atoms with E-state index in [0.29, 0.717) is 6.42 Å². The minimum Gasteiger partial charge on any atom is -0.595 e. The second-order valence-electron chi connectivity index (χ2n) is 5.18. The molecule has 2 rings (SSSR count). The number of para-hydroxylation sites is 1. The molecule has 1 aliphatic rings. The average Bonchev–Trinajstić information content (AvgIpc) is 3.02. The molecule has 4 N–H and O–H groups in total. The van der Waals surface area contributed by atoms with Gasteiger partial charge in [-0.15, -0.1) is 0 Å². The van der Waals surface area contributed by atoms with Gasteiger partial charge in [0.15, 0.2) is 5.69 Å². The van der Waals surface area contributed by atoms with Crippen molar-refractivity contribution in [2.45, 2.75) is 25.0 Å². The number of carbonyl (C=O) groups excluding carboxylic acids is 1. The summed E-state index contributed by atoms with van der Waals surface area (Å²) >= 11 is 0. The van der Waals surface area contributed by atoms with Crippen LogP contribution in [0.3, 0.4) is 0 Å². The summed E-state index contributed by atoms with van der Waals surface area (Å²) in [6, 6.07) is 4.17. The molecule has 0 spiro atoms. The molecular formula is C14H16N2O8. The highest BCUT2D eigenvalue weighted by Gasteiger charge is 2.38. The van der Waals surface area contributed by atoms with Crippen molar-refractivity contribution < 1.29 is 39.8 Å². The van der Waals surface area contributed by atoms with Crippen molar-refractivity contribution in [3.8, 4) is 0 Å². The van der Waals surface area contributed by atoms with Gasteiger partial charge >= 0.3 is 18.0 Å². The van der Waals surface area contributed by atoms with Gasteiger partial charge in [0.2, 0.25) is 6.10 Å². The molecule has 1 amide bonds. The predicted octanol–water partition coefficient (Wildman–Crippen LogP) is -0.0987. The Morgan fingerprint density at radius 1 is 1.29 bits per heavy atom. The summed E-state index contributed by atoms with van der Waals surface area (Å²) in [6.07, 6.45) is -2.25. The standard InChI is InChI=1S/C14H16N2O8/c17-12(18)10-6-3-7-15(10)14(21)24-11(13(19)20)8-4-1-2-5-9(8)16(22)23/h1-2,4-5,10-11,16,22H,3,6-7H2,(H,17,18)(H,19,20)/t10-,11?/m0/s1. The minimum absolute atomic E-state index is 0.128. The van der Waals surface area contributed by atoms with Crippen LogP contribution in [0, 0.1) is 5.21 Å². The molecule has 1 aromatic rings. The van der Waals surface area contributed by atoms with E-state index in [0.717, 1.165) is 4.90 Å². The maximum Gasteiger partial charge on any atom is 0.411 e. The van der Waals surface area contributed by atoms with Crippen LogP contribution in [0.4, 0.5) is 10.5 Å². The summed E-state index contributed by atoms with van der Waals surface area (Å²) in [5.41, 5.74) is -0.508. The SMILES string of the molecule is O=C(O)C(OC(=O)N1CCC[C@H]1C(=O)O)c1ccccc1[NH+]([O-])O. The normalized spacial score (nSPS) is 19.6. The van der Waals surface area contributed by atoms with Gasteiger partial charge in [0.1, 0.15) is 6.04 Å². The first kappa shape index (κ1) is 17.7. The summed E-state index contributed by atoms with van der Waals surface area (Å²) < 4.78 is 4.91. The number of carboxylic acid groups (broad SMARTS) is 2. The van der Waals surface area contributed by atoms with Crippen LogP contribution in [-0.4, -0.2) is 50.9 Å². The number of quaternary nitrogens is 1. The molecule has 2 unspecified atom stereocenters. The lowest BCUT2D eigenvalue weighted by Gasteiger charge is -2.24. The Bertz CT molecular complexity index is 647. The van der Waals surface area contributed by atoms with E-state index in [1.165, 1.54) is 24.3 Å². The third-order valence-corrected chi connectivity index (χ3v) is 3.69. The summed E-state index contributed by atoms with van der Waals surface area (Å²) in [5, 5.41) is 37.3. The van der Waals surface area contributed by atoms with Gasteiger partial charge < -0.3 is 20.2 Å². The molecule has 10 nitrogen and oxygen atoms in total.